The second-order valence-electron chi connectivity index (χ2n) is 8.70. The Labute approximate surface area is 156 Å². The minimum Gasteiger partial charge on any atom is -0.489 e. The summed E-state index contributed by atoms with van der Waals surface area (Å²) in [5.74, 6) is 0.287. The first kappa shape index (κ1) is 21.9. The molecular weight excluding hydrogens is 330 g/mol. The number of β-amino-alcohol motifs (C(OH)–C–C–N with tert-alkyl or cyclic N) is 1. The van der Waals surface area contributed by atoms with Crippen molar-refractivity contribution in [3.8, 4) is 11.8 Å². The van der Waals surface area contributed by atoms with Gasteiger partial charge in [0.25, 0.3) is 0 Å². The molecule has 6 nitrogen and oxygen atoms in total. The summed E-state index contributed by atoms with van der Waals surface area (Å²) in [6, 6.07) is 6.97. The smallest absolute Gasteiger partial charge is 0.224 e. The van der Waals surface area contributed by atoms with Gasteiger partial charge in [-0.25, -0.2) is 0 Å². The highest BCUT2D eigenvalue weighted by Gasteiger charge is 2.17. The molecule has 0 heterocycles. The van der Waals surface area contributed by atoms with Gasteiger partial charge in [0.2, 0.25) is 5.91 Å². The zero-order valence-electron chi connectivity index (χ0n) is 16.6. The van der Waals surface area contributed by atoms with E-state index >= 15 is 0 Å². The van der Waals surface area contributed by atoms with Crippen LogP contribution in [0.2, 0.25) is 0 Å². The highest BCUT2D eigenvalue weighted by Crippen LogP contribution is 2.24. The van der Waals surface area contributed by atoms with Crippen LogP contribution in [-0.4, -0.2) is 35.8 Å². The first-order chi connectivity index (χ1) is 11.9. The van der Waals surface area contributed by atoms with E-state index in [-0.39, 0.29) is 23.5 Å². The Balaban J connectivity index is 2.66. The molecule has 0 saturated heterocycles. The van der Waals surface area contributed by atoms with Gasteiger partial charge in [-0.3, -0.25) is 4.79 Å². The number of nitriles is 1. The summed E-state index contributed by atoms with van der Waals surface area (Å²) in [6.07, 6.45) is -0.299. The van der Waals surface area contributed by atoms with Gasteiger partial charge in [-0.1, -0.05) is 20.8 Å². The van der Waals surface area contributed by atoms with E-state index in [1.807, 2.05) is 41.5 Å². The molecule has 0 saturated carbocycles. The Hall–Kier alpha value is -2.10. The maximum Gasteiger partial charge on any atom is 0.224 e. The van der Waals surface area contributed by atoms with Gasteiger partial charge in [0.15, 0.2) is 0 Å². The minimum absolute atomic E-state index is 0.0769. The average Bonchev–Trinajstić information content (AvgIpc) is 2.48. The number of aliphatic hydroxyl groups excluding tert-OH is 1. The monoisotopic (exact) mass is 361 g/mol. The molecule has 1 amide bonds. The largest absolute Gasteiger partial charge is 0.489 e. The molecule has 0 aliphatic rings. The molecule has 1 rings (SSSR count). The van der Waals surface area contributed by atoms with Gasteiger partial charge in [0.05, 0.1) is 5.56 Å². The van der Waals surface area contributed by atoms with E-state index in [1.54, 1.807) is 18.2 Å². The minimum atomic E-state index is -0.688. The van der Waals surface area contributed by atoms with Crippen molar-refractivity contribution in [3.05, 3.63) is 23.8 Å². The molecular formula is C20H31N3O3. The fourth-order valence-corrected chi connectivity index (χ4v) is 2.18. The molecule has 0 aliphatic carbocycles. The number of carbonyl (C=O) groups excluding carboxylic acids is 1. The summed E-state index contributed by atoms with van der Waals surface area (Å²) in [5, 5.41) is 25.3. The maximum absolute atomic E-state index is 12.0. The molecule has 1 atom stereocenters. The van der Waals surface area contributed by atoms with Crippen LogP contribution in [0.3, 0.4) is 0 Å². The molecule has 144 valence electrons. The van der Waals surface area contributed by atoms with Crippen molar-refractivity contribution in [2.24, 2.45) is 5.41 Å². The number of carbonyl (C=O) groups is 1. The average molecular weight is 361 g/mol. The molecule has 26 heavy (non-hydrogen) atoms. The van der Waals surface area contributed by atoms with Crippen LogP contribution in [0.1, 0.15) is 53.5 Å². The maximum atomic E-state index is 12.0. The third-order valence-electron chi connectivity index (χ3n) is 3.37. The molecule has 0 aromatic heterocycles. The lowest BCUT2D eigenvalue weighted by molar-refractivity contribution is -0.117. The van der Waals surface area contributed by atoms with Gasteiger partial charge in [-0.05, 0) is 44.4 Å². The Morgan fingerprint density at radius 1 is 1.27 bits per heavy atom. The SMILES string of the molecule is CC(C)(C)CC(=O)Nc1ccc(OCC(O)CNC(C)(C)C)c(C#N)c1. The molecule has 1 unspecified atom stereocenters. The predicted octanol–water partition coefficient (Wildman–Crippen LogP) is 3.06. The lowest BCUT2D eigenvalue weighted by atomic mass is 9.92. The van der Waals surface area contributed by atoms with Crippen molar-refractivity contribution in [1.82, 2.24) is 5.32 Å². The highest BCUT2D eigenvalue weighted by molar-refractivity contribution is 5.91. The normalized spacial score (nSPS) is 13.0. The Morgan fingerprint density at radius 3 is 2.46 bits per heavy atom. The van der Waals surface area contributed by atoms with E-state index in [0.29, 0.717) is 30.0 Å². The van der Waals surface area contributed by atoms with Crippen LogP contribution in [0.25, 0.3) is 0 Å². The van der Waals surface area contributed by atoms with Crippen LogP contribution in [0.5, 0.6) is 5.75 Å². The third-order valence-corrected chi connectivity index (χ3v) is 3.37. The number of ether oxygens (including phenoxy) is 1. The molecule has 0 spiro atoms. The Kier molecular flexibility index (Phi) is 7.61. The first-order valence-electron chi connectivity index (χ1n) is 8.79. The van der Waals surface area contributed by atoms with Gasteiger partial charge in [-0.2, -0.15) is 5.26 Å². The Bertz CT molecular complexity index is 652. The summed E-state index contributed by atoms with van der Waals surface area (Å²) < 4.78 is 5.57. The van der Waals surface area contributed by atoms with Crippen LogP contribution in [0.4, 0.5) is 5.69 Å². The number of benzene rings is 1. The standard InChI is InChI=1S/C20H31N3O3/c1-19(2,3)10-18(25)23-15-7-8-17(14(9-15)11-21)26-13-16(24)12-22-20(4,5)6/h7-9,16,22,24H,10,12-13H2,1-6H3,(H,23,25). The van der Waals surface area contributed by atoms with Gasteiger partial charge >= 0.3 is 0 Å². The summed E-state index contributed by atoms with van der Waals surface area (Å²) in [4.78, 5) is 12.0. The third kappa shape index (κ3) is 8.84. The lowest BCUT2D eigenvalue weighted by Gasteiger charge is -2.23. The summed E-state index contributed by atoms with van der Waals surface area (Å²) >= 11 is 0. The van der Waals surface area contributed by atoms with E-state index < -0.39 is 6.10 Å². The number of nitrogens with zero attached hydrogens (tertiary/aromatic N) is 1. The number of hydrogen-bond acceptors (Lipinski definition) is 5. The van der Waals surface area contributed by atoms with Gasteiger partial charge in [-0.15, -0.1) is 0 Å². The number of hydrogen-bond donors (Lipinski definition) is 3. The van der Waals surface area contributed by atoms with Crippen LogP contribution in [-0.2, 0) is 4.79 Å². The van der Waals surface area contributed by atoms with Crippen molar-refractivity contribution in [3.63, 3.8) is 0 Å². The predicted molar refractivity (Wildman–Crippen MR) is 103 cm³/mol. The molecule has 1 aromatic rings. The molecule has 0 radical (unpaired) electrons. The summed E-state index contributed by atoms with van der Waals surface area (Å²) in [7, 11) is 0. The van der Waals surface area contributed by atoms with Crippen molar-refractivity contribution < 1.29 is 14.6 Å². The van der Waals surface area contributed by atoms with E-state index in [0.717, 1.165) is 0 Å². The van der Waals surface area contributed by atoms with Crippen molar-refractivity contribution in [2.45, 2.75) is 59.6 Å². The first-order valence-corrected chi connectivity index (χ1v) is 8.79. The number of anilines is 1. The molecule has 1 aromatic carbocycles. The van der Waals surface area contributed by atoms with Gasteiger partial charge < -0.3 is 20.5 Å². The van der Waals surface area contributed by atoms with Crippen LogP contribution in [0.15, 0.2) is 18.2 Å². The van der Waals surface area contributed by atoms with Crippen LogP contribution >= 0.6 is 0 Å². The fourth-order valence-electron chi connectivity index (χ4n) is 2.18. The van der Waals surface area contributed by atoms with Crippen molar-refractivity contribution in [1.29, 1.82) is 5.26 Å². The Morgan fingerprint density at radius 2 is 1.92 bits per heavy atom. The van der Waals surface area contributed by atoms with Crippen molar-refractivity contribution in [2.75, 3.05) is 18.5 Å². The second-order valence-corrected chi connectivity index (χ2v) is 8.70. The van der Waals surface area contributed by atoms with E-state index in [2.05, 4.69) is 16.7 Å². The van der Waals surface area contributed by atoms with Crippen molar-refractivity contribution >= 4 is 11.6 Å². The number of amides is 1. The van der Waals surface area contributed by atoms with Gasteiger partial charge in [0, 0.05) is 24.2 Å². The quantitative estimate of drug-likeness (QED) is 0.694. The van der Waals surface area contributed by atoms with Crippen LogP contribution in [0, 0.1) is 16.7 Å². The molecule has 3 N–H and O–H groups in total. The number of nitrogens with one attached hydrogen (secondary N) is 2. The molecule has 0 aliphatic heterocycles. The number of rotatable bonds is 7. The zero-order chi connectivity index (χ0) is 20.0. The highest BCUT2D eigenvalue weighted by atomic mass is 16.5. The summed E-state index contributed by atoms with van der Waals surface area (Å²) in [5.41, 5.74) is 0.668. The zero-order valence-corrected chi connectivity index (χ0v) is 16.6. The van der Waals surface area contributed by atoms with Crippen LogP contribution < -0.4 is 15.4 Å². The molecule has 6 heteroatoms. The topological polar surface area (TPSA) is 94.4 Å². The second kappa shape index (κ2) is 9.02. The molecule has 0 bridgehead atoms. The van der Waals surface area contributed by atoms with E-state index in [1.165, 1.54) is 0 Å². The number of aliphatic hydroxyl groups is 1. The molecule has 0 fully saturated rings. The lowest BCUT2D eigenvalue weighted by Crippen LogP contribution is -2.42. The fraction of sp³-hybridized carbons (Fsp3) is 0.600. The van der Waals surface area contributed by atoms with E-state index in [9.17, 15) is 15.2 Å². The summed E-state index contributed by atoms with van der Waals surface area (Å²) in [6.45, 7) is 12.5. The van der Waals surface area contributed by atoms with E-state index in [4.69, 9.17) is 4.74 Å². The van der Waals surface area contributed by atoms with Gasteiger partial charge in [0.1, 0.15) is 24.5 Å².